The fraction of sp³-hybridized carbons (Fsp3) is 0.417. The maximum atomic E-state index is 13.1. The van der Waals surface area contributed by atoms with E-state index in [1.54, 1.807) is 22.3 Å². The quantitative estimate of drug-likeness (QED) is 0.519. The van der Waals surface area contributed by atoms with Gasteiger partial charge in [0.05, 0.1) is 15.8 Å². The number of rotatable bonds is 3. The number of aromatic nitrogens is 1. The molecule has 5 rings (SSSR count). The SMILES string of the molecule is O=C(c1ccc2nc(N3CCCCC3)sc2c1)N1CCN(c2cccc(C(F)(F)F)c2)CC1. The zero-order valence-corrected chi connectivity index (χ0v) is 19.0. The average molecular weight is 475 g/mol. The molecule has 0 N–H and O–H groups in total. The van der Waals surface area contributed by atoms with Gasteiger partial charge in [-0.25, -0.2) is 4.98 Å². The number of carbonyl (C=O) groups is 1. The van der Waals surface area contributed by atoms with Gasteiger partial charge in [-0.3, -0.25) is 4.79 Å². The third kappa shape index (κ3) is 4.64. The summed E-state index contributed by atoms with van der Waals surface area (Å²) in [6, 6.07) is 11.0. The van der Waals surface area contributed by atoms with E-state index in [9.17, 15) is 18.0 Å². The molecule has 2 aliphatic rings. The van der Waals surface area contributed by atoms with E-state index < -0.39 is 11.7 Å². The molecule has 2 aromatic carbocycles. The first-order valence-corrected chi connectivity index (χ1v) is 12.1. The van der Waals surface area contributed by atoms with Crippen molar-refractivity contribution in [1.82, 2.24) is 9.88 Å². The van der Waals surface area contributed by atoms with Crippen molar-refractivity contribution in [2.24, 2.45) is 0 Å². The predicted octanol–water partition coefficient (Wildman–Crippen LogP) is 5.27. The van der Waals surface area contributed by atoms with Crippen LogP contribution in [-0.4, -0.2) is 55.1 Å². The number of amides is 1. The summed E-state index contributed by atoms with van der Waals surface area (Å²) < 4.78 is 40.1. The van der Waals surface area contributed by atoms with Gasteiger partial charge in [0.15, 0.2) is 5.13 Å². The number of alkyl halides is 3. The monoisotopic (exact) mass is 474 g/mol. The molecule has 3 heterocycles. The Labute approximate surface area is 194 Å². The van der Waals surface area contributed by atoms with Gasteiger partial charge in [-0.15, -0.1) is 0 Å². The number of benzene rings is 2. The Morgan fingerprint density at radius 1 is 0.879 bits per heavy atom. The second kappa shape index (κ2) is 8.85. The van der Waals surface area contributed by atoms with E-state index >= 15 is 0 Å². The van der Waals surface area contributed by atoms with Crippen molar-refractivity contribution in [3.8, 4) is 0 Å². The molecule has 2 saturated heterocycles. The highest BCUT2D eigenvalue weighted by Gasteiger charge is 2.31. The van der Waals surface area contributed by atoms with Crippen molar-refractivity contribution in [1.29, 1.82) is 0 Å². The molecule has 174 valence electrons. The highest BCUT2D eigenvalue weighted by Crippen LogP contribution is 2.33. The Morgan fingerprint density at radius 3 is 2.36 bits per heavy atom. The van der Waals surface area contributed by atoms with Crippen molar-refractivity contribution in [2.75, 3.05) is 49.1 Å². The number of halogens is 3. The zero-order chi connectivity index (χ0) is 23.0. The first-order valence-electron chi connectivity index (χ1n) is 11.3. The number of anilines is 2. The van der Waals surface area contributed by atoms with E-state index in [1.807, 2.05) is 23.1 Å². The van der Waals surface area contributed by atoms with E-state index in [1.165, 1.54) is 31.4 Å². The molecular weight excluding hydrogens is 449 g/mol. The van der Waals surface area contributed by atoms with Gasteiger partial charge in [0.1, 0.15) is 0 Å². The predicted molar refractivity (Wildman–Crippen MR) is 125 cm³/mol. The molecule has 5 nitrogen and oxygen atoms in total. The normalized spacial score (nSPS) is 17.6. The molecule has 2 fully saturated rings. The van der Waals surface area contributed by atoms with Crippen molar-refractivity contribution < 1.29 is 18.0 Å². The minimum absolute atomic E-state index is 0.0477. The molecule has 2 aliphatic heterocycles. The fourth-order valence-corrected chi connectivity index (χ4v) is 5.55. The Hall–Kier alpha value is -2.81. The number of hydrogen-bond acceptors (Lipinski definition) is 5. The number of piperazine rings is 1. The number of carbonyl (C=O) groups excluding carboxylic acids is 1. The summed E-state index contributed by atoms with van der Waals surface area (Å²) in [5, 5.41) is 1.02. The number of nitrogens with zero attached hydrogens (tertiary/aromatic N) is 4. The van der Waals surface area contributed by atoms with Crippen molar-refractivity contribution in [2.45, 2.75) is 25.4 Å². The summed E-state index contributed by atoms with van der Waals surface area (Å²) in [5.41, 5.74) is 1.42. The topological polar surface area (TPSA) is 39.7 Å². The smallest absolute Gasteiger partial charge is 0.368 e. The third-order valence-electron chi connectivity index (χ3n) is 6.36. The molecule has 1 aromatic heterocycles. The summed E-state index contributed by atoms with van der Waals surface area (Å²) in [6.45, 7) is 3.98. The van der Waals surface area contributed by atoms with Crippen molar-refractivity contribution in [3.05, 3.63) is 53.6 Å². The van der Waals surface area contributed by atoms with E-state index in [-0.39, 0.29) is 5.91 Å². The van der Waals surface area contributed by atoms with Crippen LogP contribution in [0.25, 0.3) is 10.2 Å². The summed E-state index contributed by atoms with van der Waals surface area (Å²) in [7, 11) is 0. The lowest BCUT2D eigenvalue weighted by atomic mass is 10.1. The molecule has 1 amide bonds. The van der Waals surface area contributed by atoms with Crippen LogP contribution in [0.2, 0.25) is 0 Å². The Morgan fingerprint density at radius 2 is 1.64 bits per heavy atom. The van der Waals surface area contributed by atoms with Gasteiger partial charge in [-0.05, 0) is 55.7 Å². The molecule has 0 atom stereocenters. The average Bonchev–Trinajstić information content (AvgIpc) is 3.27. The van der Waals surface area contributed by atoms with Crippen molar-refractivity contribution in [3.63, 3.8) is 0 Å². The summed E-state index contributed by atoms with van der Waals surface area (Å²) in [5.74, 6) is -0.0477. The van der Waals surface area contributed by atoms with Crippen LogP contribution < -0.4 is 9.80 Å². The zero-order valence-electron chi connectivity index (χ0n) is 18.1. The molecule has 0 unspecified atom stereocenters. The minimum atomic E-state index is -4.36. The van der Waals surface area contributed by atoms with E-state index in [2.05, 4.69) is 4.90 Å². The van der Waals surface area contributed by atoms with Crippen LogP contribution in [0.1, 0.15) is 35.2 Å². The largest absolute Gasteiger partial charge is 0.416 e. The lowest BCUT2D eigenvalue weighted by Gasteiger charge is -2.36. The molecule has 0 spiro atoms. The molecule has 3 aromatic rings. The number of piperidine rings is 1. The Kier molecular flexibility index (Phi) is 5.90. The Bertz CT molecular complexity index is 1150. The van der Waals surface area contributed by atoms with Gasteiger partial charge in [0.25, 0.3) is 5.91 Å². The summed E-state index contributed by atoms with van der Waals surface area (Å²) >= 11 is 1.63. The molecule has 0 bridgehead atoms. The molecule has 0 aliphatic carbocycles. The van der Waals surface area contributed by atoms with Crippen LogP contribution >= 0.6 is 11.3 Å². The van der Waals surface area contributed by atoms with E-state index in [0.29, 0.717) is 37.4 Å². The van der Waals surface area contributed by atoms with Gasteiger partial charge in [0, 0.05) is 50.5 Å². The maximum absolute atomic E-state index is 13.1. The number of thiazole rings is 1. The van der Waals surface area contributed by atoms with Crippen molar-refractivity contribution >= 4 is 38.3 Å². The van der Waals surface area contributed by atoms with Crippen LogP contribution in [0.5, 0.6) is 0 Å². The number of hydrogen-bond donors (Lipinski definition) is 0. The highest BCUT2D eigenvalue weighted by molar-refractivity contribution is 7.22. The second-order valence-electron chi connectivity index (χ2n) is 8.55. The lowest BCUT2D eigenvalue weighted by molar-refractivity contribution is -0.137. The van der Waals surface area contributed by atoms with Crippen LogP contribution in [-0.2, 0) is 6.18 Å². The number of fused-ring (bicyclic) bond motifs is 1. The maximum Gasteiger partial charge on any atom is 0.416 e. The standard InChI is InChI=1S/C24H25F3N4OS/c25-24(26,27)18-5-4-6-19(16-18)29-11-13-30(14-12-29)22(32)17-7-8-20-21(15-17)33-23(28-20)31-9-2-1-3-10-31/h4-8,15-16H,1-3,9-14H2. The van der Waals surface area contributed by atoms with Gasteiger partial charge < -0.3 is 14.7 Å². The minimum Gasteiger partial charge on any atom is -0.368 e. The third-order valence-corrected chi connectivity index (χ3v) is 7.44. The first kappa shape index (κ1) is 22.0. The summed E-state index contributed by atoms with van der Waals surface area (Å²) in [4.78, 5) is 23.9. The lowest BCUT2D eigenvalue weighted by Crippen LogP contribution is -2.48. The summed E-state index contributed by atoms with van der Waals surface area (Å²) in [6.07, 6.45) is -0.726. The second-order valence-corrected chi connectivity index (χ2v) is 9.56. The van der Waals surface area contributed by atoms with Crippen LogP contribution in [0.3, 0.4) is 0 Å². The van der Waals surface area contributed by atoms with Gasteiger partial charge in [-0.1, -0.05) is 17.4 Å². The first-order chi connectivity index (χ1) is 15.9. The van der Waals surface area contributed by atoms with E-state index in [0.717, 1.165) is 34.5 Å². The molecule has 9 heteroatoms. The van der Waals surface area contributed by atoms with Gasteiger partial charge in [-0.2, -0.15) is 13.2 Å². The molecule has 0 saturated carbocycles. The van der Waals surface area contributed by atoms with Gasteiger partial charge in [0.2, 0.25) is 0 Å². The Balaban J connectivity index is 1.26. The van der Waals surface area contributed by atoms with Gasteiger partial charge >= 0.3 is 6.18 Å². The van der Waals surface area contributed by atoms with Crippen LogP contribution in [0.15, 0.2) is 42.5 Å². The molecule has 0 radical (unpaired) electrons. The molecule has 33 heavy (non-hydrogen) atoms. The molecular formula is C24H25F3N4OS. The van der Waals surface area contributed by atoms with Crippen LogP contribution in [0, 0.1) is 0 Å². The van der Waals surface area contributed by atoms with E-state index in [4.69, 9.17) is 4.98 Å². The van der Waals surface area contributed by atoms with Crippen LogP contribution in [0.4, 0.5) is 24.0 Å². The fourth-order valence-electron chi connectivity index (χ4n) is 4.50. The highest BCUT2D eigenvalue weighted by atomic mass is 32.1.